The normalized spacial score (nSPS) is 20.6. The number of aromatic nitrogens is 3. The summed E-state index contributed by atoms with van der Waals surface area (Å²) in [7, 11) is 0. The number of rotatable bonds is 2. The summed E-state index contributed by atoms with van der Waals surface area (Å²) in [6.45, 7) is 0. The molecule has 0 spiro atoms. The third-order valence-corrected chi connectivity index (χ3v) is 4.07. The maximum Gasteiger partial charge on any atom is 0.137 e. The lowest BCUT2D eigenvalue weighted by molar-refractivity contribution is 0.446. The Labute approximate surface area is 123 Å². The number of benzene rings is 2. The molecule has 21 heavy (non-hydrogen) atoms. The molecule has 1 aromatic heterocycles. The zero-order chi connectivity index (χ0) is 14.1. The van der Waals surface area contributed by atoms with E-state index in [4.69, 9.17) is 0 Å². The molecule has 104 valence electrons. The van der Waals surface area contributed by atoms with Crippen molar-refractivity contribution in [2.45, 2.75) is 18.5 Å². The zero-order valence-electron chi connectivity index (χ0n) is 11.6. The Balaban J connectivity index is 1.77. The number of nitrogens with one attached hydrogen (secondary N) is 1. The van der Waals surface area contributed by atoms with Crippen LogP contribution in [0.3, 0.4) is 0 Å². The molecule has 4 rings (SSSR count). The second-order valence-corrected chi connectivity index (χ2v) is 5.32. The lowest BCUT2D eigenvalue weighted by Crippen LogP contribution is -2.25. The molecule has 4 heteroatoms. The van der Waals surface area contributed by atoms with Crippen LogP contribution in [0.2, 0.25) is 0 Å². The lowest BCUT2D eigenvalue weighted by Gasteiger charge is -2.33. The summed E-state index contributed by atoms with van der Waals surface area (Å²) in [5, 5.41) is 7.99. The molecule has 1 aliphatic heterocycles. The van der Waals surface area contributed by atoms with Gasteiger partial charge < -0.3 is 5.32 Å². The summed E-state index contributed by atoms with van der Waals surface area (Å²) >= 11 is 0. The summed E-state index contributed by atoms with van der Waals surface area (Å²) in [4.78, 5) is 4.10. The number of nitrogens with zero attached hydrogens (tertiary/aromatic N) is 3. The highest BCUT2D eigenvalue weighted by Crippen LogP contribution is 2.40. The highest BCUT2D eigenvalue weighted by atomic mass is 15.3. The first kappa shape index (κ1) is 12.1. The first-order valence-corrected chi connectivity index (χ1v) is 7.16. The number of hydrogen-bond acceptors (Lipinski definition) is 3. The van der Waals surface area contributed by atoms with Gasteiger partial charge in [0.05, 0.1) is 12.1 Å². The van der Waals surface area contributed by atoms with Gasteiger partial charge in [0.25, 0.3) is 0 Å². The van der Waals surface area contributed by atoms with Crippen LogP contribution in [0.1, 0.15) is 29.6 Å². The van der Waals surface area contributed by atoms with E-state index in [2.05, 4.69) is 70.0 Å². The van der Waals surface area contributed by atoms with E-state index >= 15 is 0 Å². The molecular weight excluding hydrogens is 260 g/mol. The van der Waals surface area contributed by atoms with Crippen LogP contribution in [0.5, 0.6) is 0 Å². The van der Waals surface area contributed by atoms with E-state index in [1.54, 1.807) is 12.7 Å². The van der Waals surface area contributed by atoms with Gasteiger partial charge in [0.2, 0.25) is 0 Å². The molecule has 1 aliphatic rings. The van der Waals surface area contributed by atoms with Crippen molar-refractivity contribution in [3.63, 3.8) is 0 Å². The van der Waals surface area contributed by atoms with Crippen LogP contribution in [0.15, 0.2) is 67.3 Å². The Morgan fingerprint density at radius 2 is 1.81 bits per heavy atom. The third-order valence-electron chi connectivity index (χ3n) is 4.07. The maximum absolute atomic E-state index is 4.34. The summed E-state index contributed by atoms with van der Waals surface area (Å²) in [6, 6.07) is 19.5. The standard InChI is InChI=1S/C17H16N4/c1-2-6-13(7-3-1)16-10-17(21-12-18-11-19-21)14-8-4-5-9-15(14)20-16/h1-9,11-12,16-17,20H,10H2. The van der Waals surface area contributed by atoms with Crippen molar-refractivity contribution in [2.24, 2.45) is 0 Å². The molecule has 1 N–H and O–H groups in total. The van der Waals surface area contributed by atoms with Crippen molar-refractivity contribution in [1.29, 1.82) is 0 Å². The Kier molecular flexibility index (Phi) is 2.92. The Morgan fingerprint density at radius 3 is 2.62 bits per heavy atom. The fourth-order valence-corrected chi connectivity index (χ4v) is 3.05. The van der Waals surface area contributed by atoms with Crippen LogP contribution < -0.4 is 5.32 Å². The van der Waals surface area contributed by atoms with Crippen molar-refractivity contribution >= 4 is 5.69 Å². The second-order valence-electron chi connectivity index (χ2n) is 5.32. The molecule has 0 saturated heterocycles. The van der Waals surface area contributed by atoms with Gasteiger partial charge >= 0.3 is 0 Å². The van der Waals surface area contributed by atoms with Crippen molar-refractivity contribution in [3.8, 4) is 0 Å². The van der Waals surface area contributed by atoms with E-state index in [0.717, 1.165) is 6.42 Å². The second kappa shape index (κ2) is 5.05. The minimum Gasteiger partial charge on any atom is -0.378 e. The molecule has 0 aliphatic carbocycles. The molecule has 0 saturated carbocycles. The Morgan fingerprint density at radius 1 is 1.00 bits per heavy atom. The molecular formula is C17H16N4. The van der Waals surface area contributed by atoms with Gasteiger partial charge in [-0.15, -0.1) is 0 Å². The fourth-order valence-electron chi connectivity index (χ4n) is 3.05. The molecule has 2 aromatic carbocycles. The quantitative estimate of drug-likeness (QED) is 0.780. The van der Waals surface area contributed by atoms with E-state index in [1.807, 2.05) is 4.68 Å². The molecule has 0 amide bonds. The molecule has 3 aromatic rings. The van der Waals surface area contributed by atoms with E-state index in [-0.39, 0.29) is 12.1 Å². The predicted octanol–water partition coefficient (Wildman–Crippen LogP) is 3.42. The zero-order valence-corrected chi connectivity index (χ0v) is 11.6. The SMILES string of the molecule is c1ccc(C2CC(n3cncn3)c3ccccc3N2)cc1. The predicted molar refractivity (Wildman–Crippen MR) is 82.0 cm³/mol. The van der Waals surface area contributed by atoms with Crippen LogP contribution in [0.4, 0.5) is 5.69 Å². The molecule has 2 atom stereocenters. The van der Waals surface area contributed by atoms with Gasteiger partial charge in [-0.25, -0.2) is 9.67 Å². The third kappa shape index (κ3) is 2.18. The van der Waals surface area contributed by atoms with E-state index < -0.39 is 0 Å². The van der Waals surface area contributed by atoms with E-state index in [1.165, 1.54) is 16.8 Å². The number of fused-ring (bicyclic) bond motifs is 1. The van der Waals surface area contributed by atoms with Gasteiger partial charge in [0, 0.05) is 5.69 Å². The monoisotopic (exact) mass is 276 g/mol. The fraction of sp³-hybridized carbons (Fsp3) is 0.176. The van der Waals surface area contributed by atoms with Crippen molar-refractivity contribution in [1.82, 2.24) is 14.8 Å². The molecule has 4 nitrogen and oxygen atoms in total. The van der Waals surface area contributed by atoms with Gasteiger partial charge in [-0.1, -0.05) is 48.5 Å². The average Bonchev–Trinajstić information content (AvgIpc) is 3.09. The number of anilines is 1. The minimum atomic E-state index is 0.218. The van der Waals surface area contributed by atoms with Crippen molar-refractivity contribution in [2.75, 3.05) is 5.32 Å². The Bertz CT molecular complexity index is 722. The highest BCUT2D eigenvalue weighted by Gasteiger charge is 2.28. The van der Waals surface area contributed by atoms with Gasteiger partial charge in [0.1, 0.15) is 12.7 Å². The summed E-state index contributed by atoms with van der Waals surface area (Å²) in [6.07, 6.45) is 4.36. The number of para-hydroxylation sites is 1. The molecule has 0 fully saturated rings. The van der Waals surface area contributed by atoms with E-state index in [0.29, 0.717) is 0 Å². The maximum atomic E-state index is 4.34. The summed E-state index contributed by atoms with van der Waals surface area (Å²) in [5.74, 6) is 0. The van der Waals surface area contributed by atoms with Crippen LogP contribution in [0.25, 0.3) is 0 Å². The summed E-state index contributed by atoms with van der Waals surface area (Å²) in [5.41, 5.74) is 3.76. The lowest BCUT2D eigenvalue weighted by atomic mass is 9.89. The van der Waals surface area contributed by atoms with Crippen molar-refractivity contribution in [3.05, 3.63) is 78.4 Å². The topological polar surface area (TPSA) is 42.7 Å². The highest BCUT2D eigenvalue weighted by molar-refractivity contribution is 5.56. The average molecular weight is 276 g/mol. The van der Waals surface area contributed by atoms with Gasteiger partial charge in [0.15, 0.2) is 0 Å². The van der Waals surface area contributed by atoms with Crippen molar-refractivity contribution < 1.29 is 0 Å². The van der Waals surface area contributed by atoms with E-state index in [9.17, 15) is 0 Å². The smallest absolute Gasteiger partial charge is 0.137 e. The minimum absolute atomic E-state index is 0.218. The number of hydrogen-bond donors (Lipinski definition) is 1. The largest absolute Gasteiger partial charge is 0.378 e. The summed E-state index contributed by atoms with van der Waals surface area (Å²) < 4.78 is 1.95. The first-order valence-electron chi connectivity index (χ1n) is 7.16. The van der Waals surface area contributed by atoms with Gasteiger partial charge in [-0.3, -0.25) is 0 Å². The van der Waals surface area contributed by atoms with Gasteiger partial charge in [-0.05, 0) is 23.6 Å². The first-order chi connectivity index (χ1) is 10.4. The van der Waals surface area contributed by atoms with Crippen LogP contribution in [-0.4, -0.2) is 14.8 Å². The molecule has 2 heterocycles. The van der Waals surface area contributed by atoms with Crippen LogP contribution in [-0.2, 0) is 0 Å². The van der Waals surface area contributed by atoms with Crippen LogP contribution in [0, 0.1) is 0 Å². The Hall–Kier alpha value is -2.62. The molecule has 0 radical (unpaired) electrons. The molecule has 0 bridgehead atoms. The van der Waals surface area contributed by atoms with Crippen LogP contribution >= 0.6 is 0 Å². The van der Waals surface area contributed by atoms with Gasteiger partial charge in [-0.2, -0.15) is 5.10 Å². The molecule has 2 unspecified atom stereocenters.